The molecule has 0 aliphatic heterocycles. The lowest BCUT2D eigenvalue weighted by Gasteiger charge is -2.44. The summed E-state index contributed by atoms with van der Waals surface area (Å²) in [4.78, 5) is 0. The lowest BCUT2D eigenvalue weighted by atomic mass is 9.61. The van der Waals surface area contributed by atoms with Gasteiger partial charge in [0.2, 0.25) is 0 Å². The van der Waals surface area contributed by atoms with Crippen molar-refractivity contribution in [2.24, 2.45) is 35.0 Å². The first-order valence-corrected chi connectivity index (χ1v) is 12.2. The van der Waals surface area contributed by atoms with Gasteiger partial charge in [-0.15, -0.1) is 0 Å². The van der Waals surface area contributed by atoms with E-state index in [9.17, 15) is 5.11 Å². The molecule has 0 amide bonds. The highest BCUT2D eigenvalue weighted by atomic mass is 16.3. The molecule has 29 heavy (non-hydrogen) atoms. The molecule has 3 rings (SSSR count). The van der Waals surface area contributed by atoms with Crippen molar-refractivity contribution in [3.05, 3.63) is 47.6 Å². The fourth-order valence-electron chi connectivity index (χ4n) is 6.25. The first-order valence-electron chi connectivity index (χ1n) is 12.2. The van der Waals surface area contributed by atoms with Gasteiger partial charge >= 0.3 is 0 Å². The summed E-state index contributed by atoms with van der Waals surface area (Å²) in [6.45, 7) is 16.3. The van der Waals surface area contributed by atoms with Crippen LogP contribution in [0.2, 0.25) is 0 Å². The normalized spacial score (nSPS) is 38.2. The molecule has 3 saturated carbocycles. The Labute approximate surface area is 180 Å². The second-order valence-corrected chi connectivity index (χ2v) is 10.9. The molecule has 0 saturated heterocycles. The maximum absolute atomic E-state index is 10.0. The Morgan fingerprint density at radius 1 is 1.03 bits per heavy atom. The van der Waals surface area contributed by atoms with Crippen LogP contribution in [-0.2, 0) is 0 Å². The molecular weight excluding hydrogens is 352 g/mol. The van der Waals surface area contributed by atoms with Gasteiger partial charge in [-0.25, -0.2) is 0 Å². The van der Waals surface area contributed by atoms with Gasteiger partial charge in [0.1, 0.15) is 0 Å². The summed E-state index contributed by atoms with van der Waals surface area (Å²) in [6, 6.07) is 0. The third-order valence-electron chi connectivity index (χ3n) is 8.63. The molecule has 1 heteroatoms. The number of aliphatic hydroxyl groups excluding tert-OH is 1. The van der Waals surface area contributed by atoms with Crippen molar-refractivity contribution in [2.45, 2.75) is 92.1 Å². The average Bonchev–Trinajstić information content (AvgIpc) is 3.04. The number of hydrogen-bond acceptors (Lipinski definition) is 1. The number of allylic oxidation sites excluding steroid dienone is 6. The number of rotatable bonds is 5. The Kier molecular flexibility index (Phi) is 7.31. The van der Waals surface area contributed by atoms with Crippen LogP contribution in [0.1, 0.15) is 86.0 Å². The summed E-state index contributed by atoms with van der Waals surface area (Å²) in [7, 11) is 0. The van der Waals surface area contributed by atoms with E-state index in [0.717, 1.165) is 37.0 Å². The molecule has 0 spiro atoms. The SMILES string of the molecule is C=C1CC[C@@H](O)C/C1=C/C=C1\CCC[C@]2(C)[C@@H]1CC[C@H]2[C@@H](C)/C=C/[C@@H](C)C(C)C. The number of aliphatic hydroxyl groups is 1. The minimum Gasteiger partial charge on any atom is -0.393 e. The molecule has 0 radical (unpaired) electrons. The van der Waals surface area contributed by atoms with Crippen molar-refractivity contribution < 1.29 is 5.11 Å². The van der Waals surface area contributed by atoms with Crippen LogP contribution in [0.5, 0.6) is 0 Å². The van der Waals surface area contributed by atoms with E-state index in [1.165, 1.54) is 43.3 Å². The maximum atomic E-state index is 10.0. The third kappa shape index (κ3) is 4.98. The van der Waals surface area contributed by atoms with E-state index in [4.69, 9.17) is 0 Å². The average molecular weight is 397 g/mol. The lowest BCUT2D eigenvalue weighted by molar-refractivity contribution is 0.112. The van der Waals surface area contributed by atoms with Crippen molar-refractivity contribution in [1.29, 1.82) is 0 Å². The van der Waals surface area contributed by atoms with Crippen molar-refractivity contribution in [3.8, 4) is 0 Å². The van der Waals surface area contributed by atoms with Crippen LogP contribution in [-0.4, -0.2) is 11.2 Å². The molecule has 3 fully saturated rings. The Hall–Kier alpha value is -1.08. The molecule has 3 aliphatic rings. The predicted molar refractivity (Wildman–Crippen MR) is 126 cm³/mol. The number of fused-ring (bicyclic) bond motifs is 1. The zero-order valence-corrected chi connectivity index (χ0v) is 19.6. The summed E-state index contributed by atoms with van der Waals surface area (Å²) in [5, 5.41) is 10.0. The molecule has 0 bridgehead atoms. The van der Waals surface area contributed by atoms with Crippen molar-refractivity contribution in [1.82, 2.24) is 0 Å². The van der Waals surface area contributed by atoms with Gasteiger partial charge < -0.3 is 5.11 Å². The molecule has 1 N–H and O–H groups in total. The molecule has 162 valence electrons. The van der Waals surface area contributed by atoms with E-state index in [1.54, 1.807) is 5.57 Å². The van der Waals surface area contributed by atoms with Gasteiger partial charge in [0.05, 0.1) is 6.10 Å². The highest BCUT2D eigenvalue weighted by Gasteiger charge is 2.50. The molecule has 0 aromatic carbocycles. The monoisotopic (exact) mass is 396 g/mol. The van der Waals surface area contributed by atoms with E-state index in [-0.39, 0.29) is 6.10 Å². The quantitative estimate of drug-likeness (QED) is 0.473. The summed E-state index contributed by atoms with van der Waals surface area (Å²) >= 11 is 0. The molecule has 0 unspecified atom stereocenters. The Balaban J connectivity index is 1.75. The van der Waals surface area contributed by atoms with Crippen LogP contribution in [0.25, 0.3) is 0 Å². The molecule has 6 atom stereocenters. The lowest BCUT2D eigenvalue weighted by Crippen LogP contribution is -2.35. The van der Waals surface area contributed by atoms with Gasteiger partial charge in [0, 0.05) is 0 Å². The van der Waals surface area contributed by atoms with Crippen LogP contribution in [0, 0.1) is 35.0 Å². The van der Waals surface area contributed by atoms with Gasteiger partial charge in [-0.05, 0) is 91.9 Å². The second-order valence-electron chi connectivity index (χ2n) is 10.9. The molecule has 3 aliphatic carbocycles. The highest BCUT2D eigenvalue weighted by Crippen LogP contribution is 2.59. The smallest absolute Gasteiger partial charge is 0.0583 e. The fraction of sp³-hybridized carbons (Fsp3) is 0.714. The summed E-state index contributed by atoms with van der Waals surface area (Å²) in [5.74, 6) is 3.58. The summed E-state index contributed by atoms with van der Waals surface area (Å²) < 4.78 is 0. The first-order chi connectivity index (χ1) is 13.7. The Bertz CT molecular complexity index is 678. The van der Waals surface area contributed by atoms with Crippen LogP contribution < -0.4 is 0 Å². The Morgan fingerprint density at radius 3 is 2.52 bits per heavy atom. The standard InChI is InChI=1S/C28H44O/c1-19(2)20(3)9-10-22(5)26-15-16-27-23(8-7-17-28(26,27)6)12-13-24-18-25(29)14-11-21(24)4/h9-10,12-13,19-20,22,25-27,29H,4,7-8,11,14-18H2,1-3,5-6H3/b10-9+,23-12+,24-13-/t20-,22+,25-,26+,27-,28+/m1/s1. The van der Waals surface area contributed by atoms with Crippen molar-refractivity contribution >= 4 is 0 Å². The molecule has 0 aromatic heterocycles. The Morgan fingerprint density at radius 2 is 1.79 bits per heavy atom. The van der Waals surface area contributed by atoms with Gasteiger partial charge in [0.25, 0.3) is 0 Å². The van der Waals surface area contributed by atoms with Crippen LogP contribution in [0.4, 0.5) is 0 Å². The van der Waals surface area contributed by atoms with E-state index < -0.39 is 0 Å². The van der Waals surface area contributed by atoms with Crippen LogP contribution in [0.15, 0.2) is 47.6 Å². The van der Waals surface area contributed by atoms with Gasteiger partial charge in [-0.2, -0.15) is 0 Å². The van der Waals surface area contributed by atoms with E-state index >= 15 is 0 Å². The summed E-state index contributed by atoms with van der Waals surface area (Å²) in [5.41, 5.74) is 4.61. The van der Waals surface area contributed by atoms with E-state index in [2.05, 4.69) is 65.5 Å². The van der Waals surface area contributed by atoms with Crippen LogP contribution >= 0.6 is 0 Å². The van der Waals surface area contributed by atoms with E-state index in [1.807, 2.05) is 0 Å². The highest BCUT2D eigenvalue weighted by molar-refractivity contribution is 5.36. The zero-order valence-electron chi connectivity index (χ0n) is 19.6. The maximum Gasteiger partial charge on any atom is 0.0583 e. The molecule has 0 heterocycles. The minimum absolute atomic E-state index is 0.182. The molecule has 0 aromatic rings. The van der Waals surface area contributed by atoms with Crippen molar-refractivity contribution in [2.75, 3.05) is 0 Å². The van der Waals surface area contributed by atoms with E-state index in [0.29, 0.717) is 17.3 Å². The van der Waals surface area contributed by atoms with Gasteiger partial charge in [0.15, 0.2) is 0 Å². The van der Waals surface area contributed by atoms with Gasteiger partial charge in [-0.1, -0.05) is 76.6 Å². The predicted octanol–water partition coefficient (Wildman–Crippen LogP) is 7.64. The first kappa shape index (κ1) is 22.6. The van der Waals surface area contributed by atoms with Crippen LogP contribution in [0.3, 0.4) is 0 Å². The summed E-state index contributed by atoms with van der Waals surface area (Å²) in [6.07, 6.45) is 18.8. The zero-order chi connectivity index (χ0) is 21.2. The second kappa shape index (κ2) is 9.38. The number of hydrogen-bond donors (Lipinski definition) is 1. The van der Waals surface area contributed by atoms with Crippen molar-refractivity contribution in [3.63, 3.8) is 0 Å². The topological polar surface area (TPSA) is 20.2 Å². The molecule has 1 nitrogen and oxygen atoms in total. The third-order valence-corrected chi connectivity index (χ3v) is 8.63. The molecular formula is C28H44O. The van der Waals surface area contributed by atoms with Gasteiger partial charge in [-0.3, -0.25) is 0 Å². The fourth-order valence-corrected chi connectivity index (χ4v) is 6.25. The largest absolute Gasteiger partial charge is 0.393 e. The minimum atomic E-state index is -0.182.